The van der Waals surface area contributed by atoms with Gasteiger partial charge in [0.2, 0.25) is 0 Å². The Balaban J connectivity index is 2.30. The van der Waals surface area contributed by atoms with E-state index >= 15 is 0 Å². The summed E-state index contributed by atoms with van der Waals surface area (Å²) in [7, 11) is 0. The van der Waals surface area contributed by atoms with Gasteiger partial charge in [-0.25, -0.2) is 0 Å². The third-order valence-electron chi connectivity index (χ3n) is 2.93. The fourth-order valence-corrected chi connectivity index (χ4v) is 2.68. The minimum Gasteiger partial charge on any atom is -0.0616 e. The van der Waals surface area contributed by atoms with Gasteiger partial charge in [0.25, 0.3) is 0 Å². The molecule has 3 aromatic carbocycles. The fourth-order valence-electron chi connectivity index (χ4n) is 2.13. The quantitative estimate of drug-likeness (QED) is 0.544. The molecule has 0 aliphatic heterocycles. The SMILES string of the molecule is Ic1cccc(-c2cccc3ccccc23)c1. The van der Waals surface area contributed by atoms with E-state index in [1.807, 2.05) is 0 Å². The maximum absolute atomic E-state index is 2.36. The maximum atomic E-state index is 2.36. The first-order chi connectivity index (χ1) is 8.34. The van der Waals surface area contributed by atoms with Gasteiger partial charge >= 0.3 is 0 Å². The molecule has 17 heavy (non-hydrogen) atoms. The molecule has 3 rings (SSSR count). The Morgan fingerprint density at radius 1 is 0.706 bits per heavy atom. The lowest BCUT2D eigenvalue weighted by Crippen LogP contribution is -1.81. The molecule has 0 aromatic heterocycles. The van der Waals surface area contributed by atoms with Gasteiger partial charge in [0.1, 0.15) is 0 Å². The Hall–Kier alpha value is -1.35. The standard InChI is InChI=1S/C16H11I/c17-14-8-3-7-13(11-14)16-10-4-6-12-5-1-2-9-15(12)16/h1-11H. The van der Waals surface area contributed by atoms with Crippen molar-refractivity contribution in [1.29, 1.82) is 0 Å². The summed E-state index contributed by atoms with van der Waals surface area (Å²) in [5.41, 5.74) is 2.59. The summed E-state index contributed by atoms with van der Waals surface area (Å²) < 4.78 is 1.27. The summed E-state index contributed by atoms with van der Waals surface area (Å²) in [5, 5.41) is 2.61. The molecule has 0 radical (unpaired) electrons. The van der Waals surface area contributed by atoms with Crippen molar-refractivity contribution in [3.63, 3.8) is 0 Å². The van der Waals surface area contributed by atoms with Crippen molar-refractivity contribution in [3.8, 4) is 11.1 Å². The molecule has 1 heteroatoms. The van der Waals surface area contributed by atoms with Crippen molar-refractivity contribution in [1.82, 2.24) is 0 Å². The van der Waals surface area contributed by atoms with Crippen LogP contribution in [0.1, 0.15) is 0 Å². The van der Waals surface area contributed by atoms with Gasteiger partial charge in [0, 0.05) is 3.57 Å². The van der Waals surface area contributed by atoms with Crippen LogP contribution in [0.4, 0.5) is 0 Å². The van der Waals surface area contributed by atoms with Crippen LogP contribution < -0.4 is 0 Å². The lowest BCUT2D eigenvalue weighted by atomic mass is 9.98. The molecule has 82 valence electrons. The van der Waals surface area contributed by atoms with Crippen molar-refractivity contribution in [2.75, 3.05) is 0 Å². The summed E-state index contributed by atoms with van der Waals surface area (Å²) in [6.45, 7) is 0. The van der Waals surface area contributed by atoms with Crippen molar-refractivity contribution in [3.05, 3.63) is 70.3 Å². The van der Waals surface area contributed by atoms with Gasteiger partial charge in [-0.1, -0.05) is 54.6 Å². The van der Waals surface area contributed by atoms with E-state index in [9.17, 15) is 0 Å². The molecule has 0 aliphatic rings. The van der Waals surface area contributed by atoms with Gasteiger partial charge in [0.15, 0.2) is 0 Å². The van der Waals surface area contributed by atoms with Gasteiger partial charge < -0.3 is 0 Å². The van der Waals surface area contributed by atoms with E-state index in [-0.39, 0.29) is 0 Å². The zero-order chi connectivity index (χ0) is 11.7. The molecule has 3 aromatic rings. The van der Waals surface area contributed by atoms with E-state index in [0.717, 1.165) is 0 Å². The average molecular weight is 330 g/mol. The van der Waals surface area contributed by atoms with Crippen LogP contribution in [-0.2, 0) is 0 Å². The molecule has 0 aliphatic carbocycles. The van der Waals surface area contributed by atoms with Crippen LogP contribution in [0.5, 0.6) is 0 Å². The lowest BCUT2D eigenvalue weighted by Gasteiger charge is -2.07. The molecule has 0 spiro atoms. The second kappa shape index (κ2) is 4.49. The topological polar surface area (TPSA) is 0 Å². The lowest BCUT2D eigenvalue weighted by molar-refractivity contribution is 1.61. The predicted molar refractivity (Wildman–Crippen MR) is 82.1 cm³/mol. The van der Waals surface area contributed by atoms with Gasteiger partial charge in [-0.15, -0.1) is 0 Å². The first kappa shape index (κ1) is 10.8. The Morgan fingerprint density at radius 2 is 1.47 bits per heavy atom. The Morgan fingerprint density at radius 3 is 2.35 bits per heavy atom. The largest absolute Gasteiger partial charge is 0.0616 e. The summed E-state index contributed by atoms with van der Waals surface area (Å²) >= 11 is 2.36. The van der Waals surface area contributed by atoms with Crippen LogP contribution in [0.2, 0.25) is 0 Å². The number of hydrogen-bond acceptors (Lipinski definition) is 0. The smallest absolute Gasteiger partial charge is 0.0136 e. The molecular formula is C16H11I. The van der Waals surface area contributed by atoms with Crippen LogP contribution >= 0.6 is 22.6 Å². The molecule has 0 N–H and O–H groups in total. The number of hydrogen-bond donors (Lipinski definition) is 0. The zero-order valence-electron chi connectivity index (χ0n) is 9.23. The summed E-state index contributed by atoms with van der Waals surface area (Å²) in [5.74, 6) is 0. The zero-order valence-corrected chi connectivity index (χ0v) is 11.4. The van der Waals surface area contributed by atoms with Crippen molar-refractivity contribution < 1.29 is 0 Å². The molecule has 0 heterocycles. The number of benzene rings is 3. The molecule has 0 saturated carbocycles. The third kappa shape index (κ3) is 2.07. The van der Waals surface area contributed by atoms with E-state index in [0.29, 0.717) is 0 Å². The van der Waals surface area contributed by atoms with Crippen LogP contribution in [-0.4, -0.2) is 0 Å². The predicted octanol–water partition coefficient (Wildman–Crippen LogP) is 5.11. The molecule has 0 nitrogen and oxygen atoms in total. The van der Waals surface area contributed by atoms with E-state index in [1.165, 1.54) is 25.5 Å². The van der Waals surface area contributed by atoms with E-state index in [1.54, 1.807) is 0 Å². The van der Waals surface area contributed by atoms with Crippen molar-refractivity contribution >= 4 is 33.4 Å². The molecule has 0 fully saturated rings. The van der Waals surface area contributed by atoms with Gasteiger partial charge in [-0.3, -0.25) is 0 Å². The monoisotopic (exact) mass is 330 g/mol. The molecular weight excluding hydrogens is 319 g/mol. The third-order valence-corrected chi connectivity index (χ3v) is 3.60. The Bertz CT molecular complexity index is 666. The fraction of sp³-hybridized carbons (Fsp3) is 0. The average Bonchev–Trinajstić information content (AvgIpc) is 2.38. The van der Waals surface area contributed by atoms with Crippen LogP contribution in [0.3, 0.4) is 0 Å². The first-order valence-corrected chi connectivity index (χ1v) is 6.66. The minimum atomic E-state index is 1.27. The molecule has 0 saturated heterocycles. The van der Waals surface area contributed by atoms with Crippen LogP contribution in [0.25, 0.3) is 21.9 Å². The maximum Gasteiger partial charge on any atom is 0.0136 e. The number of halogens is 1. The van der Waals surface area contributed by atoms with E-state index in [2.05, 4.69) is 89.3 Å². The van der Waals surface area contributed by atoms with Crippen LogP contribution in [0.15, 0.2) is 66.7 Å². The molecule has 0 bridgehead atoms. The highest BCUT2D eigenvalue weighted by Gasteiger charge is 2.02. The number of rotatable bonds is 1. The molecule has 0 amide bonds. The van der Waals surface area contributed by atoms with Crippen LogP contribution in [0, 0.1) is 3.57 Å². The first-order valence-electron chi connectivity index (χ1n) is 5.58. The van der Waals surface area contributed by atoms with Gasteiger partial charge in [0.05, 0.1) is 0 Å². The number of fused-ring (bicyclic) bond motifs is 1. The molecule has 0 atom stereocenters. The Kier molecular flexibility index (Phi) is 2.85. The second-order valence-corrected chi connectivity index (χ2v) is 5.28. The van der Waals surface area contributed by atoms with Crippen molar-refractivity contribution in [2.45, 2.75) is 0 Å². The Labute approximate surface area is 114 Å². The van der Waals surface area contributed by atoms with Gasteiger partial charge in [-0.05, 0) is 56.6 Å². The highest BCUT2D eigenvalue weighted by atomic mass is 127. The minimum absolute atomic E-state index is 1.27. The molecule has 0 unspecified atom stereocenters. The normalized spacial score (nSPS) is 10.6. The summed E-state index contributed by atoms with van der Waals surface area (Å²) in [6.07, 6.45) is 0. The van der Waals surface area contributed by atoms with Gasteiger partial charge in [-0.2, -0.15) is 0 Å². The summed E-state index contributed by atoms with van der Waals surface area (Å²) in [4.78, 5) is 0. The van der Waals surface area contributed by atoms with Crippen molar-refractivity contribution in [2.24, 2.45) is 0 Å². The van der Waals surface area contributed by atoms with E-state index in [4.69, 9.17) is 0 Å². The van der Waals surface area contributed by atoms with E-state index < -0.39 is 0 Å². The highest BCUT2D eigenvalue weighted by Crippen LogP contribution is 2.29. The summed E-state index contributed by atoms with van der Waals surface area (Å²) in [6, 6.07) is 23.6. The highest BCUT2D eigenvalue weighted by molar-refractivity contribution is 14.1. The second-order valence-electron chi connectivity index (χ2n) is 4.04.